The van der Waals surface area contributed by atoms with Crippen molar-refractivity contribution in [3.63, 3.8) is 0 Å². The number of nitrogens with one attached hydrogen (secondary N) is 1. The number of carbonyl (C=O) groups is 1. The molecule has 0 saturated heterocycles. The molecule has 0 aliphatic heterocycles. The molecule has 1 aromatic carbocycles. The van der Waals surface area contributed by atoms with Crippen LogP contribution in [0, 0.1) is 16.7 Å². The molecule has 0 fully saturated rings. The van der Waals surface area contributed by atoms with Crippen molar-refractivity contribution in [2.45, 2.75) is 13.8 Å². The fourth-order valence-corrected chi connectivity index (χ4v) is 1.26. The highest BCUT2D eigenvalue weighted by Gasteiger charge is 2.18. The fraction of sp³-hybridized carbons (Fsp3) is 0.333. The normalized spacial score (nSPS) is 10.6. The van der Waals surface area contributed by atoms with Gasteiger partial charge in [-0.05, 0) is 32.0 Å². The topological polar surface area (TPSA) is 52.9 Å². The van der Waals surface area contributed by atoms with Gasteiger partial charge in [0.05, 0.1) is 11.5 Å². The third-order valence-electron chi connectivity index (χ3n) is 2.08. The van der Waals surface area contributed by atoms with Gasteiger partial charge in [-0.25, -0.2) is 0 Å². The lowest BCUT2D eigenvalue weighted by molar-refractivity contribution is 0.0943. The van der Waals surface area contributed by atoms with Crippen molar-refractivity contribution in [3.8, 4) is 6.07 Å². The molecule has 1 N–H and O–H groups in total. The molecule has 0 heterocycles. The largest absolute Gasteiger partial charge is 0.350 e. The summed E-state index contributed by atoms with van der Waals surface area (Å²) in [5.74, 6) is -0.217. The Hall–Kier alpha value is -1.53. The zero-order valence-electron chi connectivity index (χ0n) is 9.25. The second-order valence-corrected chi connectivity index (χ2v) is 4.63. The van der Waals surface area contributed by atoms with Gasteiger partial charge in [0.15, 0.2) is 0 Å². The maximum Gasteiger partial charge on any atom is 0.251 e. The van der Waals surface area contributed by atoms with E-state index in [2.05, 4.69) is 11.4 Å². The lowest BCUT2D eigenvalue weighted by Crippen LogP contribution is -2.33. The van der Waals surface area contributed by atoms with E-state index in [1.165, 1.54) is 0 Å². The summed E-state index contributed by atoms with van der Waals surface area (Å²) in [4.78, 5) is 11.7. The van der Waals surface area contributed by atoms with Crippen LogP contribution in [0.1, 0.15) is 24.2 Å². The van der Waals surface area contributed by atoms with E-state index in [1.807, 2.05) is 0 Å². The summed E-state index contributed by atoms with van der Waals surface area (Å²) in [5, 5.41) is 12.0. The predicted molar refractivity (Wildman–Crippen MR) is 63.2 cm³/mol. The minimum absolute atomic E-state index is 0.217. The maximum absolute atomic E-state index is 11.7. The van der Waals surface area contributed by atoms with Crippen molar-refractivity contribution in [1.29, 1.82) is 5.26 Å². The first-order valence-electron chi connectivity index (χ1n) is 4.90. The molecule has 0 aliphatic carbocycles. The van der Waals surface area contributed by atoms with Crippen molar-refractivity contribution < 1.29 is 4.79 Å². The van der Waals surface area contributed by atoms with Crippen LogP contribution >= 0.6 is 11.6 Å². The minimum atomic E-state index is -0.561. The molecule has 0 aliphatic rings. The highest BCUT2D eigenvalue weighted by atomic mass is 35.5. The summed E-state index contributed by atoms with van der Waals surface area (Å²) in [6.45, 7) is 3.85. The van der Waals surface area contributed by atoms with Crippen molar-refractivity contribution >= 4 is 17.5 Å². The number of rotatable bonds is 3. The van der Waals surface area contributed by atoms with Crippen LogP contribution in [0.5, 0.6) is 0 Å². The van der Waals surface area contributed by atoms with Gasteiger partial charge in [0.2, 0.25) is 0 Å². The highest BCUT2D eigenvalue weighted by molar-refractivity contribution is 6.30. The molecule has 0 saturated carbocycles. The molecule has 3 nitrogen and oxygen atoms in total. The lowest BCUT2D eigenvalue weighted by atomic mass is 9.96. The Morgan fingerprint density at radius 3 is 2.81 bits per heavy atom. The second kappa shape index (κ2) is 5.00. The molecule has 1 amide bonds. The number of carbonyl (C=O) groups excluding carboxylic acids is 1. The Labute approximate surface area is 100 Å². The van der Waals surface area contributed by atoms with E-state index >= 15 is 0 Å². The highest BCUT2D eigenvalue weighted by Crippen LogP contribution is 2.13. The molecule has 1 aromatic rings. The number of nitrogens with zero attached hydrogens (tertiary/aromatic N) is 1. The van der Waals surface area contributed by atoms with E-state index in [9.17, 15) is 4.79 Å². The number of hydrogen-bond acceptors (Lipinski definition) is 2. The smallest absolute Gasteiger partial charge is 0.251 e. The molecule has 0 atom stereocenters. The first-order valence-corrected chi connectivity index (χ1v) is 5.27. The number of amides is 1. The van der Waals surface area contributed by atoms with E-state index in [0.717, 1.165) is 0 Å². The van der Waals surface area contributed by atoms with Gasteiger partial charge in [-0.3, -0.25) is 4.79 Å². The van der Waals surface area contributed by atoms with E-state index in [0.29, 0.717) is 17.1 Å². The van der Waals surface area contributed by atoms with E-state index in [-0.39, 0.29) is 5.91 Å². The summed E-state index contributed by atoms with van der Waals surface area (Å²) in [7, 11) is 0. The first kappa shape index (κ1) is 12.5. The van der Waals surface area contributed by atoms with Gasteiger partial charge >= 0.3 is 0 Å². The summed E-state index contributed by atoms with van der Waals surface area (Å²) < 4.78 is 0. The monoisotopic (exact) mass is 236 g/mol. The summed E-state index contributed by atoms with van der Waals surface area (Å²) in [5.41, 5.74) is -0.0601. The Morgan fingerprint density at radius 1 is 1.56 bits per heavy atom. The van der Waals surface area contributed by atoms with Crippen LogP contribution in [-0.4, -0.2) is 12.5 Å². The Balaban J connectivity index is 2.64. The fourth-order valence-electron chi connectivity index (χ4n) is 1.07. The molecule has 16 heavy (non-hydrogen) atoms. The van der Waals surface area contributed by atoms with Crippen LogP contribution in [0.3, 0.4) is 0 Å². The zero-order valence-corrected chi connectivity index (χ0v) is 10.0. The molecule has 84 valence electrons. The van der Waals surface area contributed by atoms with Crippen LogP contribution in [0.25, 0.3) is 0 Å². The van der Waals surface area contributed by atoms with Gasteiger partial charge in [0.25, 0.3) is 5.91 Å². The summed E-state index contributed by atoms with van der Waals surface area (Å²) in [6.07, 6.45) is 0. The number of halogens is 1. The molecule has 0 aromatic heterocycles. The quantitative estimate of drug-likeness (QED) is 0.877. The molecular weight excluding hydrogens is 224 g/mol. The molecule has 4 heteroatoms. The van der Waals surface area contributed by atoms with Crippen LogP contribution in [0.4, 0.5) is 0 Å². The number of hydrogen-bond donors (Lipinski definition) is 1. The second-order valence-electron chi connectivity index (χ2n) is 4.19. The van der Waals surface area contributed by atoms with E-state index < -0.39 is 5.41 Å². The van der Waals surface area contributed by atoms with Gasteiger partial charge in [-0.15, -0.1) is 0 Å². The van der Waals surface area contributed by atoms with Gasteiger partial charge in [-0.1, -0.05) is 17.7 Å². The molecule has 1 rings (SSSR count). The third kappa shape index (κ3) is 3.56. The van der Waals surface area contributed by atoms with E-state index in [1.54, 1.807) is 38.1 Å². The predicted octanol–water partition coefficient (Wildman–Crippen LogP) is 2.62. The van der Waals surface area contributed by atoms with Crippen LogP contribution in [-0.2, 0) is 0 Å². The van der Waals surface area contributed by atoms with E-state index in [4.69, 9.17) is 16.9 Å². The van der Waals surface area contributed by atoms with Crippen LogP contribution < -0.4 is 5.32 Å². The van der Waals surface area contributed by atoms with Crippen molar-refractivity contribution in [1.82, 2.24) is 5.32 Å². The summed E-state index contributed by atoms with van der Waals surface area (Å²) in [6, 6.07) is 8.81. The van der Waals surface area contributed by atoms with Gasteiger partial charge in [0.1, 0.15) is 0 Å². The Bertz CT molecular complexity index is 435. The molecule has 0 bridgehead atoms. The Morgan fingerprint density at radius 2 is 2.25 bits per heavy atom. The van der Waals surface area contributed by atoms with Crippen molar-refractivity contribution in [3.05, 3.63) is 34.9 Å². The van der Waals surface area contributed by atoms with Gasteiger partial charge in [0, 0.05) is 17.1 Å². The standard InChI is InChI=1S/C12H13ClN2O/c1-12(2,7-14)8-15-11(16)9-4-3-5-10(13)6-9/h3-6H,8H2,1-2H3,(H,15,16). The lowest BCUT2D eigenvalue weighted by Gasteiger charge is -2.15. The zero-order chi connectivity index (χ0) is 12.2. The molecule has 0 spiro atoms. The van der Waals surface area contributed by atoms with Gasteiger partial charge < -0.3 is 5.32 Å². The average Bonchev–Trinajstić information content (AvgIpc) is 2.26. The molecule has 0 radical (unpaired) electrons. The minimum Gasteiger partial charge on any atom is -0.350 e. The van der Waals surface area contributed by atoms with Crippen molar-refractivity contribution in [2.24, 2.45) is 5.41 Å². The summed E-state index contributed by atoms with van der Waals surface area (Å²) >= 11 is 5.77. The SMILES string of the molecule is CC(C)(C#N)CNC(=O)c1cccc(Cl)c1. The van der Waals surface area contributed by atoms with Crippen LogP contribution in [0.15, 0.2) is 24.3 Å². The number of benzene rings is 1. The maximum atomic E-state index is 11.7. The molecular formula is C12H13ClN2O. The van der Waals surface area contributed by atoms with Crippen molar-refractivity contribution in [2.75, 3.05) is 6.54 Å². The average molecular weight is 237 g/mol. The molecule has 0 unspecified atom stereocenters. The Kier molecular flexibility index (Phi) is 3.92. The number of nitriles is 1. The van der Waals surface area contributed by atoms with Crippen LogP contribution in [0.2, 0.25) is 5.02 Å². The first-order chi connectivity index (χ1) is 7.44. The van der Waals surface area contributed by atoms with Gasteiger partial charge in [-0.2, -0.15) is 5.26 Å². The third-order valence-corrected chi connectivity index (χ3v) is 2.32.